The second-order valence-corrected chi connectivity index (χ2v) is 6.76. The number of hydrogen-bond donors (Lipinski definition) is 1. The molecule has 0 bridgehead atoms. The lowest BCUT2D eigenvalue weighted by Gasteiger charge is -2.34. The average Bonchev–Trinajstić information content (AvgIpc) is 2.43. The van der Waals surface area contributed by atoms with E-state index in [1.54, 1.807) is 0 Å². The molecule has 1 rings (SSSR count). The number of methoxy groups -OCH3 is 1. The molecular formula is C12H18N2O6S. The summed E-state index contributed by atoms with van der Waals surface area (Å²) in [6, 6.07) is -0.738. The van der Waals surface area contributed by atoms with Crippen molar-refractivity contribution in [2.75, 3.05) is 32.2 Å². The van der Waals surface area contributed by atoms with Crippen LogP contribution in [0.15, 0.2) is 12.2 Å². The van der Waals surface area contributed by atoms with Crippen LogP contribution in [0, 0.1) is 0 Å². The summed E-state index contributed by atoms with van der Waals surface area (Å²) in [5, 5.41) is 2.39. The minimum absolute atomic E-state index is 0.00561. The Hall–Kier alpha value is -1.90. The molecule has 1 fully saturated rings. The summed E-state index contributed by atoms with van der Waals surface area (Å²) in [7, 11) is -0.665. The van der Waals surface area contributed by atoms with Gasteiger partial charge in [0, 0.05) is 32.2 Å². The average molecular weight is 318 g/mol. The van der Waals surface area contributed by atoms with Gasteiger partial charge in [0.15, 0.2) is 9.84 Å². The summed E-state index contributed by atoms with van der Waals surface area (Å²) in [5.74, 6) is -1.99. The van der Waals surface area contributed by atoms with Crippen LogP contribution in [0.3, 0.4) is 0 Å². The van der Waals surface area contributed by atoms with E-state index in [9.17, 15) is 22.8 Å². The van der Waals surface area contributed by atoms with Gasteiger partial charge in [-0.1, -0.05) is 0 Å². The number of esters is 1. The topological polar surface area (TPSA) is 110 Å². The lowest BCUT2D eigenvalue weighted by atomic mass is 10.1. The van der Waals surface area contributed by atoms with Gasteiger partial charge in [-0.25, -0.2) is 13.2 Å². The standard InChI is InChI=1S/C12H18N2O6S/c1-13-10(15)7-9-8-21(18,19)6-5-14(9)11(16)3-4-12(17)20-2/h3-4,9H,5-8H2,1-2H3,(H,13,15)/b4-3+. The molecule has 1 atom stereocenters. The van der Waals surface area contributed by atoms with Crippen molar-refractivity contribution in [1.29, 1.82) is 0 Å². The van der Waals surface area contributed by atoms with Crippen LogP contribution in [0.2, 0.25) is 0 Å². The molecule has 0 aliphatic carbocycles. The van der Waals surface area contributed by atoms with Crippen LogP contribution in [0.4, 0.5) is 0 Å². The molecule has 21 heavy (non-hydrogen) atoms. The van der Waals surface area contributed by atoms with Gasteiger partial charge in [0.1, 0.15) is 0 Å². The van der Waals surface area contributed by atoms with Crippen LogP contribution >= 0.6 is 0 Å². The molecule has 0 aromatic carbocycles. The highest BCUT2D eigenvalue weighted by molar-refractivity contribution is 7.91. The predicted molar refractivity (Wildman–Crippen MR) is 74.0 cm³/mol. The van der Waals surface area contributed by atoms with Crippen molar-refractivity contribution < 1.29 is 27.5 Å². The van der Waals surface area contributed by atoms with Crippen molar-refractivity contribution in [3.8, 4) is 0 Å². The number of hydrogen-bond acceptors (Lipinski definition) is 6. The first-order chi connectivity index (χ1) is 9.79. The van der Waals surface area contributed by atoms with E-state index in [1.165, 1.54) is 19.1 Å². The zero-order chi connectivity index (χ0) is 16.0. The monoisotopic (exact) mass is 318 g/mol. The Morgan fingerprint density at radius 1 is 1.33 bits per heavy atom. The van der Waals surface area contributed by atoms with Gasteiger partial charge in [0.25, 0.3) is 0 Å². The Morgan fingerprint density at radius 3 is 2.57 bits per heavy atom. The Kier molecular flexibility index (Phi) is 5.89. The number of nitrogens with one attached hydrogen (secondary N) is 1. The SMILES string of the molecule is CNC(=O)CC1CS(=O)(=O)CCN1C(=O)/C=C/C(=O)OC. The van der Waals surface area contributed by atoms with Crippen LogP contribution in [0.25, 0.3) is 0 Å². The smallest absolute Gasteiger partial charge is 0.330 e. The summed E-state index contributed by atoms with van der Waals surface area (Å²) < 4.78 is 27.7. The molecule has 9 heteroatoms. The third-order valence-corrected chi connectivity index (χ3v) is 4.77. The van der Waals surface area contributed by atoms with Gasteiger partial charge in [0.05, 0.1) is 24.7 Å². The number of carbonyl (C=O) groups excluding carboxylic acids is 3. The first-order valence-corrected chi connectivity index (χ1v) is 8.09. The van der Waals surface area contributed by atoms with Gasteiger partial charge < -0.3 is 15.0 Å². The van der Waals surface area contributed by atoms with Gasteiger partial charge >= 0.3 is 5.97 Å². The maximum atomic E-state index is 12.0. The van der Waals surface area contributed by atoms with E-state index in [0.29, 0.717) is 0 Å². The minimum Gasteiger partial charge on any atom is -0.466 e. The molecule has 0 saturated carbocycles. The van der Waals surface area contributed by atoms with Crippen LogP contribution in [-0.2, 0) is 29.0 Å². The first kappa shape index (κ1) is 17.2. The number of carbonyl (C=O) groups is 3. The largest absolute Gasteiger partial charge is 0.466 e. The summed E-state index contributed by atoms with van der Waals surface area (Å²) in [6.45, 7) is -0.00561. The molecule has 1 N–H and O–H groups in total. The van der Waals surface area contributed by atoms with Gasteiger partial charge in [-0.2, -0.15) is 0 Å². The predicted octanol–water partition coefficient (Wildman–Crippen LogP) is -1.52. The molecule has 1 heterocycles. The second kappa shape index (κ2) is 7.21. The second-order valence-electron chi connectivity index (χ2n) is 4.53. The zero-order valence-electron chi connectivity index (χ0n) is 11.9. The molecule has 1 aliphatic heterocycles. The fourth-order valence-corrected chi connectivity index (χ4v) is 3.49. The van der Waals surface area contributed by atoms with Crippen LogP contribution < -0.4 is 5.32 Å². The molecule has 0 radical (unpaired) electrons. The Balaban J connectivity index is 2.86. The van der Waals surface area contributed by atoms with E-state index >= 15 is 0 Å². The van der Waals surface area contributed by atoms with Crippen molar-refractivity contribution >= 4 is 27.6 Å². The normalized spacial score (nSPS) is 21.0. The Labute approximate surface area is 123 Å². The Morgan fingerprint density at radius 2 is 2.00 bits per heavy atom. The maximum Gasteiger partial charge on any atom is 0.330 e. The maximum absolute atomic E-state index is 12.0. The molecule has 1 aliphatic rings. The van der Waals surface area contributed by atoms with E-state index in [-0.39, 0.29) is 30.4 Å². The molecular weight excluding hydrogens is 300 g/mol. The number of rotatable bonds is 4. The third kappa shape index (κ3) is 5.18. The van der Waals surface area contributed by atoms with E-state index < -0.39 is 27.8 Å². The number of nitrogens with zero attached hydrogens (tertiary/aromatic N) is 1. The third-order valence-electron chi connectivity index (χ3n) is 3.08. The molecule has 0 aromatic rings. The minimum atomic E-state index is -3.28. The highest BCUT2D eigenvalue weighted by atomic mass is 32.2. The van der Waals surface area contributed by atoms with E-state index in [4.69, 9.17) is 0 Å². The molecule has 0 spiro atoms. The van der Waals surface area contributed by atoms with Crippen molar-refractivity contribution in [3.63, 3.8) is 0 Å². The molecule has 1 unspecified atom stereocenters. The van der Waals surface area contributed by atoms with Crippen molar-refractivity contribution in [2.45, 2.75) is 12.5 Å². The fraction of sp³-hybridized carbons (Fsp3) is 0.583. The van der Waals surface area contributed by atoms with E-state index in [1.807, 2.05) is 0 Å². The molecule has 2 amide bonds. The van der Waals surface area contributed by atoms with Gasteiger partial charge in [-0.3, -0.25) is 9.59 Å². The molecule has 1 saturated heterocycles. The Bertz CT molecular complexity index is 554. The lowest BCUT2D eigenvalue weighted by Crippen LogP contribution is -2.52. The zero-order valence-corrected chi connectivity index (χ0v) is 12.7. The molecule has 118 valence electrons. The summed E-state index contributed by atoms with van der Waals surface area (Å²) in [5.41, 5.74) is 0. The van der Waals surface area contributed by atoms with Gasteiger partial charge in [-0.15, -0.1) is 0 Å². The van der Waals surface area contributed by atoms with Crippen LogP contribution in [0.1, 0.15) is 6.42 Å². The van der Waals surface area contributed by atoms with Crippen molar-refractivity contribution in [1.82, 2.24) is 10.2 Å². The number of sulfone groups is 1. The number of ether oxygens (including phenoxy) is 1. The van der Waals surface area contributed by atoms with Gasteiger partial charge in [-0.05, 0) is 0 Å². The molecule has 0 aromatic heterocycles. The van der Waals surface area contributed by atoms with Crippen molar-refractivity contribution in [2.24, 2.45) is 0 Å². The van der Waals surface area contributed by atoms with E-state index in [0.717, 1.165) is 12.2 Å². The highest BCUT2D eigenvalue weighted by Gasteiger charge is 2.34. The summed E-state index contributed by atoms with van der Waals surface area (Å²) in [4.78, 5) is 35.7. The van der Waals surface area contributed by atoms with Crippen LogP contribution in [-0.4, -0.2) is 69.4 Å². The summed E-state index contributed by atoms with van der Waals surface area (Å²) >= 11 is 0. The highest BCUT2D eigenvalue weighted by Crippen LogP contribution is 2.15. The quantitative estimate of drug-likeness (QED) is 0.498. The first-order valence-electron chi connectivity index (χ1n) is 6.26. The number of amides is 2. The van der Waals surface area contributed by atoms with Crippen molar-refractivity contribution in [3.05, 3.63) is 12.2 Å². The molecule has 8 nitrogen and oxygen atoms in total. The summed E-state index contributed by atoms with van der Waals surface area (Å²) in [6.07, 6.45) is 1.87. The fourth-order valence-electron chi connectivity index (χ4n) is 1.96. The van der Waals surface area contributed by atoms with Crippen LogP contribution in [0.5, 0.6) is 0 Å². The van der Waals surface area contributed by atoms with Gasteiger partial charge in [0.2, 0.25) is 11.8 Å². The van der Waals surface area contributed by atoms with E-state index in [2.05, 4.69) is 10.1 Å². The lowest BCUT2D eigenvalue weighted by molar-refractivity contribution is -0.136.